The molecule has 3 nitrogen and oxygen atoms in total. The molecule has 0 unspecified atom stereocenters. The minimum Gasteiger partial charge on any atom is -0.460 e. The molecule has 4 heteroatoms. The monoisotopic (exact) mass is 310 g/mol. The number of halogens is 1. The number of hydrogen-bond acceptors (Lipinski definition) is 3. The van der Waals surface area contributed by atoms with Gasteiger partial charge in [-0.2, -0.15) is 0 Å². The van der Waals surface area contributed by atoms with E-state index in [1.165, 1.54) is 0 Å². The van der Waals surface area contributed by atoms with Crippen LogP contribution in [0.1, 0.15) is 29.3 Å². The van der Waals surface area contributed by atoms with E-state index in [0.29, 0.717) is 5.56 Å². The van der Waals surface area contributed by atoms with Crippen molar-refractivity contribution in [3.8, 4) is 0 Å². The fraction of sp³-hybridized carbons (Fsp3) is 0.286. The highest BCUT2D eigenvalue weighted by Gasteiger charge is 2.16. The number of hydrogen-bond donors (Lipinski definition) is 0. The third-order valence-corrected chi connectivity index (χ3v) is 2.68. The molecule has 0 saturated heterocycles. The molecule has 0 aliphatic rings. The van der Waals surface area contributed by atoms with Gasteiger partial charge in [-0.05, 0) is 18.9 Å². The minimum absolute atomic E-state index is 0.206. The van der Waals surface area contributed by atoms with Gasteiger partial charge < -0.3 is 4.74 Å². The molecule has 1 aromatic rings. The van der Waals surface area contributed by atoms with E-state index in [9.17, 15) is 9.59 Å². The molecule has 0 aromatic heterocycles. The SMILES string of the molecule is CCOC(=O)C(=O)c1ccc(C=CCCBr)cc1. The molecule has 0 spiro atoms. The zero-order chi connectivity index (χ0) is 13.4. The van der Waals surface area contributed by atoms with Crippen molar-refractivity contribution in [3.05, 3.63) is 41.5 Å². The van der Waals surface area contributed by atoms with Crippen LogP contribution in [-0.2, 0) is 9.53 Å². The quantitative estimate of drug-likeness (QED) is 0.351. The van der Waals surface area contributed by atoms with E-state index in [1.54, 1.807) is 31.2 Å². The molecule has 1 aromatic carbocycles. The van der Waals surface area contributed by atoms with Crippen LogP contribution < -0.4 is 0 Å². The Kier molecular flexibility index (Phi) is 6.36. The van der Waals surface area contributed by atoms with Gasteiger partial charge in [-0.15, -0.1) is 0 Å². The summed E-state index contributed by atoms with van der Waals surface area (Å²) in [6, 6.07) is 6.87. The van der Waals surface area contributed by atoms with Crippen molar-refractivity contribution in [1.29, 1.82) is 0 Å². The second kappa shape index (κ2) is 7.82. The second-order valence-electron chi connectivity index (χ2n) is 3.55. The van der Waals surface area contributed by atoms with Crippen LogP contribution >= 0.6 is 15.9 Å². The van der Waals surface area contributed by atoms with Gasteiger partial charge in [0.2, 0.25) is 0 Å². The summed E-state index contributed by atoms with van der Waals surface area (Å²) in [5, 5.41) is 0.920. The maximum Gasteiger partial charge on any atom is 0.379 e. The zero-order valence-electron chi connectivity index (χ0n) is 10.2. The number of ether oxygens (including phenoxy) is 1. The fourth-order valence-electron chi connectivity index (χ4n) is 1.34. The third kappa shape index (κ3) is 4.45. The Bertz CT molecular complexity index is 435. The van der Waals surface area contributed by atoms with E-state index in [-0.39, 0.29) is 6.61 Å². The number of benzene rings is 1. The molecular weight excluding hydrogens is 296 g/mol. The first-order chi connectivity index (χ1) is 8.69. The van der Waals surface area contributed by atoms with E-state index in [0.717, 1.165) is 17.3 Å². The van der Waals surface area contributed by atoms with Gasteiger partial charge in [-0.1, -0.05) is 52.3 Å². The first-order valence-electron chi connectivity index (χ1n) is 5.73. The summed E-state index contributed by atoms with van der Waals surface area (Å²) in [5.74, 6) is -1.41. The lowest BCUT2D eigenvalue weighted by atomic mass is 10.1. The molecule has 0 atom stereocenters. The van der Waals surface area contributed by atoms with Crippen molar-refractivity contribution in [2.75, 3.05) is 11.9 Å². The molecule has 0 fully saturated rings. The highest BCUT2D eigenvalue weighted by molar-refractivity contribution is 9.09. The maximum absolute atomic E-state index is 11.6. The van der Waals surface area contributed by atoms with Gasteiger partial charge in [0.15, 0.2) is 0 Å². The van der Waals surface area contributed by atoms with Crippen molar-refractivity contribution in [2.24, 2.45) is 0 Å². The smallest absolute Gasteiger partial charge is 0.379 e. The molecule has 1 rings (SSSR count). The Morgan fingerprint density at radius 1 is 1.28 bits per heavy atom. The van der Waals surface area contributed by atoms with Crippen LogP contribution in [0.15, 0.2) is 30.3 Å². The number of carbonyl (C=O) groups is 2. The van der Waals surface area contributed by atoms with E-state index in [2.05, 4.69) is 20.7 Å². The normalized spacial score (nSPS) is 10.6. The summed E-state index contributed by atoms with van der Waals surface area (Å²) in [6.07, 6.45) is 4.96. The lowest BCUT2D eigenvalue weighted by Crippen LogP contribution is -2.17. The summed E-state index contributed by atoms with van der Waals surface area (Å²) < 4.78 is 4.66. The Balaban J connectivity index is 2.70. The summed E-state index contributed by atoms with van der Waals surface area (Å²) in [7, 11) is 0. The fourth-order valence-corrected chi connectivity index (χ4v) is 1.61. The number of esters is 1. The van der Waals surface area contributed by atoms with E-state index >= 15 is 0 Å². The number of alkyl halides is 1. The summed E-state index contributed by atoms with van der Waals surface area (Å²) in [5.41, 5.74) is 1.35. The van der Waals surface area contributed by atoms with Crippen LogP contribution in [0.25, 0.3) is 6.08 Å². The van der Waals surface area contributed by atoms with Gasteiger partial charge >= 0.3 is 5.97 Å². The first kappa shape index (κ1) is 14.6. The highest BCUT2D eigenvalue weighted by Crippen LogP contribution is 2.08. The van der Waals surface area contributed by atoms with E-state index < -0.39 is 11.8 Å². The van der Waals surface area contributed by atoms with Gasteiger partial charge in [-0.25, -0.2) is 4.79 Å². The topological polar surface area (TPSA) is 43.4 Å². The predicted octanol–water partition coefficient (Wildman–Crippen LogP) is 3.23. The number of rotatable bonds is 6. The van der Waals surface area contributed by atoms with Gasteiger partial charge in [0.05, 0.1) is 6.61 Å². The van der Waals surface area contributed by atoms with E-state index in [1.807, 2.05) is 12.2 Å². The van der Waals surface area contributed by atoms with Gasteiger partial charge in [0, 0.05) is 10.9 Å². The number of Topliss-reactive ketones (excluding diaryl/α,β-unsaturated/α-hetero) is 1. The van der Waals surface area contributed by atoms with Crippen molar-refractivity contribution in [3.63, 3.8) is 0 Å². The molecule has 0 aliphatic carbocycles. The second-order valence-corrected chi connectivity index (χ2v) is 4.34. The van der Waals surface area contributed by atoms with Crippen molar-refractivity contribution < 1.29 is 14.3 Å². The molecule has 18 heavy (non-hydrogen) atoms. The van der Waals surface area contributed by atoms with Crippen molar-refractivity contribution in [1.82, 2.24) is 0 Å². The molecule has 0 N–H and O–H groups in total. The first-order valence-corrected chi connectivity index (χ1v) is 6.85. The van der Waals surface area contributed by atoms with Crippen LogP contribution in [0.2, 0.25) is 0 Å². The third-order valence-electron chi connectivity index (χ3n) is 2.22. The number of carbonyl (C=O) groups excluding carboxylic acids is 2. The van der Waals surface area contributed by atoms with Gasteiger partial charge in [-0.3, -0.25) is 4.79 Å². The van der Waals surface area contributed by atoms with Crippen LogP contribution in [0.5, 0.6) is 0 Å². The summed E-state index contributed by atoms with van der Waals surface area (Å²) >= 11 is 3.34. The minimum atomic E-state index is -0.805. The Hall–Kier alpha value is -1.42. The lowest BCUT2D eigenvalue weighted by molar-refractivity contribution is -0.137. The molecule has 0 radical (unpaired) electrons. The maximum atomic E-state index is 11.6. The van der Waals surface area contributed by atoms with Gasteiger partial charge in [0.1, 0.15) is 0 Å². The molecule has 96 valence electrons. The predicted molar refractivity (Wildman–Crippen MR) is 74.9 cm³/mol. The van der Waals surface area contributed by atoms with Crippen molar-refractivity contribution in [2.45, 2.75) is 13.3 Å². The molecule has 0 saturated carbocycles. The van der Waals surface area contributed by atoms with E-state index in [4.69, 9.17) is 0 Å². The molecular formula is C14H15BrO3. The molecule has 0 amide bonds. The van der Waals surface area contributed by atoms with Crippen molar-refractivity contribution >= 4 is 33.8 Å². The number of ketones is 1. The molecule has 0 bridgehead atoms. The Morgan fingerprint density at radius 3 is 2.50 bits per heavy atom. The standard InChI is InChI=1S/C14H15BrO3/c1-2-18-14(17)13(16)12-8-6-11(7-9-12)5-3-4-10-15/h3,5-9H,2,4,10H2,1H3. The highest BCUT2D eigenvalue weighted by atomic mass is 79.9. The summed E-state index contributed by atoms with van der Waals surface area (Å²) in [4.78, 5) is 22.9. The average Bonchev–Trinajstić information content (AvgIpc) is 2.39. The zero-order valence-corrected chi connectivity index (χ0v) is 11.8. The lowest BCUT2D eigenvalue weighted by Gasteiger charge is -2.01. The van der Waals surface area contributed by atoms with Crippen LogP contribution in [-0.4, -0.2) is 23.7 Å². The average molecular weight is 311 g/mol. The molecule has 0 aliphatic heterocycles. The Morgan fingerprint density at radius 2 is 1.94 bits per heavy atom. The molecule has 0 heterocycles. The largest absolute Gasteiger partial charge is 0.460 e. The van der Waals surface area contributed by atoms with Gasteiger partial charge in [0.25, 0.3) is 5.78 Å². The summed E-state index contributed by atoms with van der Waals surface area (Å²) in [6.45, 7) is 1.88. The van der Waals surface area contributed by atoms with Crippen LogP contribution in [0, 0.1) is 0 Å². The van der Waals surface area contributed by atoms with Crippen LogP contribution in [0.3, 0.4) is 0 Å². The Labute approximate surface area is 115 Å². The van der Waals surface area contributed by atoms with Crippen LogP contribution in [0.4, 0.5) is 0 Å². The number of allylic oxidation sites excluding steroid dienone is 1.